The second kappa shape index (κ2) is 7.45. The second-order valence-corrected chi connectivity index (χ2v) is 7.26. The van der Waals surface area contributed by atoms with Gasteiger partial charge in [0.05, 0.1) is 10.4 Å². The number of fused-ring (bicyclic) bond motifs is 1. The molecule has 1 atom stereocenters. The Morgan fingerprint density at radius 2 is 1.81 bits per heavy atom. The van der Waals surface area contributed by atoms with Crippen LogP contribution in [0.3, 0.4) is 0 Å². The molecule has 8 heteroatoms. The van der Waals surface area contributed by atoms with Crippen LogP contribution in [-0.4, -0.2) is 28.9 Å². The molecule has 138 valence electrons. The molecule has 0 heterocycles. The lowest BCUT2D eigenvalue weighted by atomic mass is 9.79. The molecular formula is C18H15Cl3O5. The van der Waals surface area contributed by atoms with Gasteiger partial charge in [0.25, 0.3) is 0 Å². The minimum atomic E-state index is -1.13. The summed E-state index contributed by atoms with van der Waals surface area (Å²) in [5.74, 6) is -1.11. The average molecular weight is 418 g/mol. The van der Waals surface area contributed by atoms with E-state index in [2.05, 4.69) is 0 Å². The van der Waals surface area contributed by atoms with Crippen LogP contribution in [0.25, 0.3) is 0 Å². The number of carbonyl (C=O) groups is 2. The van der Waals surface area contributed by atoms with E-state index in [4.69, 9.17) is 44.6 Å². The number of Topliss-reactive ketones (excluding diaryl/α,β-unsaturated/α-hetero) is 1. The summed E-state index contributed by atoms with van der Waals surface area (Å²) in [7, 11) is 0. The number of ether oxygens (including phenoxy) is 1. The van der Waals surface area contributed by atoms with E-state index < -0.39 is 18.0 Å². The lowest BCUT2D eigenvalue weighted by molar-refractivity contribution is -0.139. The molecule has 0 amide bonds. The van der Waals surface area contributed by atoms with Gasteiger partial charge in [0, 0.05) is 10.6 Å². The molecule has 2 aromatic rings. The van der Waals surface area contributed by atoms with E-state index in [1.165, 1.54) is 0 Å². The van der Waals surface area contributed by atoms with Gasteiger partial charge in [0.15, 0.2) is 12.4 Å². The predicted octanol–water partition coefficient (Wildman–Crippen LogP) is 3.98. The fourth-order valence-corrected chi connectivity index (χ4v) is 3.70. The van der Waals surface area contributed by atoms with Crippen molar-refractivity contribution in [2.45, 2.75) is 18.8 Å². The molecule has 26 heavy (non-hydrogen) atoms. The maximum Gasteiger partial charge on any atom is 0.341 e. The number of hydrogen-bond donors (Lipinski definition) is 1. The Hall–Kier alpha value is -1.79. The Bertz CT molecular complexity index is 879. The van der Waals surface area contributed by atoms with Crippen LogP contribution in [0.2, 0.25) is 15.1 Å². The summed E-state index contributed by atoms with van der Waals surface area (Å²) in [6.07, 6.45) is 0.406. The van der Waals surface area contributed by atoms with Crippen LogP contribution in [0.15, 0.2) is 30.3 Å². The summed E-state index contributed by atoms with van der Waals surface area (Å²) in [5, 5.41) is 9.47. The van der Waals surface area contributed by atoms with Gasteiger partial charge in [0.1, 0.15) is 10.8 Å². The maximum atomic E-state index is 13.0. The van der Waals surface area contributed by atoms with Gasteiger partial charge in [-0.15, -0.1) is 0 Å². The van der Waals surface area contributed by atoms with Crippen LogP contribution in [0.5, 0.6) is 5.75 Å². The molecule has 0 saturated carbocycles. The Kier molecular flexibility index (Phi) is 5.88. The second-order valence-electron chi connectivity index (χ2n) is 6.06. The molecule has 0 aromatic heterocycles. The molecule has 3 rings (SSSR count). The van der Waals surface area contributed by atoms with E-state index in [1.807, 2.05) is 19.1 Å². The molecule has 1 aliphatic carbocycles. The van der Waals surface area contributed by atoms with Crippen molar-refractivity contribution < 1.29 is 24.9 Å². The number of rotatable bonds is 4. The van der Waals surface area contributed by atoms with Crippen LogP contribution in [0.4, 0.5) is 0 Å². The number of halogens is 3. The number of benzene rings is 2. The first-order chi connectivity index (χ1) is 11.7. The number of carboxylic acids is 1. The molecule has 0 saturated heterocycles. The molecule has 3 N–H and O–H groups in total. The summed E-state index contributed by atoms with van der Waals surface area (Å²) < 4.78 is 5.18. The highest BCUT2D eigenvalue weighted by Crippen LogP contribution is 2.47. The standard InChI is InChI=1S/C18H13Cl3O4.H2O/c1-18(10-2-4-11(19)5-3-10)7-9-6-12(25-8-13(22)23)15(20)16(21)14(9)17(18)24;/h2-6H,7-8H2,1H3,(H,22,23);1H2. The molecule has 1 aliphatic rings. The highest BCUT2D eigenvalue weighted by atomic mass is 35.5. The molecule has 0 bridgehead atoms. The first kappa shape index (κ1) is 20.5. The Labute approximate surface area is 164 Å². The average Bonchev–Trinajstić information content (AvgIpc) is 2.82. The van der Waals surface area contributed by atoms with E-state index in [0.29, 0.717) is 22.6 Å². The fraction of sp³-hybridized carbons (Fsp3) is 0.222. The van der Waals surface area contributed by atoms with Crippen molar-refractivity contribution in [1.82, 2.24) is 0 Å². The third-order valence-corrected chi connectivity index (χ3v) is 5.46. The van der Waals surface area contributed by atoms with Gasteiger partial charge in [-0.05, 0) is 42.7 Å². The van der Waals surface area contributed by atoms with Crippen molar-refractivity contribution in [3.8, 4) is 5.75 Å². The number of hydrogen-bond acceptors (Lipinski definition) is 3. The maximum absolute atomic E-state index is 13.0. The van der Waals surface area contributed by atoms with E-state index in [0.717, 1.165) is 5.56 Å². The van der Waals surface area contributed by atoms with E-state index in [9.17, 15) is 9.59 Å². The normalized spacial score (nSPS) is 18.2. The molecular weight excluding hydrogens is 403 g/mol. The van der Waals surface area contributed by atoms with Crippen molar-refractivity contribution in [3.63, 3.8) is 0 Å². The molecule has 0 aliphatic heterocycles. The van der Waals surface area contributed by atoms with Crippen molar-refractivity contribution in [2.24, 2.45) is 0 Å². The smallest absolute Gasteiger partial charge is 0.341 e. The van der Waals surface area contributed by atoms with E-state index in [-0.39, 0.29) is 27.1 Å². The molecule has 5 nitrogen and oxygen atoms in total. The Morgan fingerprint density at radius 1 is 1.19 bits per heavy atom. The number of aliphatic carboxylic acids is 1. The van der Waals surface area contributed by atoms with Crippen molar-refractivity contribution >= 4 is 46.6 Å². The lowest BCUT2D eigenvalue weighted by Gasteiger charge is -2.22. The zero-order chi connectivity index (χ0) is 18.4. The minimum Gasteiger partial charge on any atom is -0.480 e. The van der Waals surface area contributed by atoms with Gasteiger partial charge in [-0.25, -0.2) is 4.79 Å². The summed E-state index contributed by atoms with van der Waals surface area (Å²) in [6, 6.07) is 8.67. The van der Waals surface area contributed by atoms with Gasteiger partial charge in [-0.3, -0.25) is 4.79 Å². The largest absolute Gasteiger partial charge is 0.480 e. The SMILES string of the molecule is CC1(c2ccc(Cl)cc2)Cc2cc(OCC(=O)O)c(Cl)c(Cl)c2C1=O.O. The van der Waals surface area contributed by atoms with Crippen molar-refractivity contribution in [2.75, 3.05) is 6.61 Å². The molecule has 2 aromatic carbocycles. The van der Waals surface area contributed by atoms with Crippen molar-refractivity contribution in [3.05, 3.63) is 62.1 Å². The quantitative estimate of drug-likeness (QED) is 0.814. The Balaban J connectivity index is 0.00000243. The van der Waals surface area contributed by atoms with Gasteiger partial charge in [-0.1, -0.05) is 46.9 Å². The summed E-state index contributed by atoms with van der Waals surface area (Å²) in [4.78, 5) is 23.7. The van der Waals surface area contributed by atoms with Gasteiger partial charge >= 0.3 is 5.97 Å². The van der Waals surface area contributed by atoms with Gasteiger partial charge in [0.2, 0.25) is 0 Å². The highest BCUT2D eigenvalue weighted by Gasteiger charge is 2.45. The van der Waals surface area contributed by atoms with E-state index in [1.54, 1.807) is 18.2 Å². The number of carboxylic acid groups (broad SMARTS) is 1. The summed E-state index contributed by atoms with van der Waals surface area (Å²) in [5.41, 5.74) is 1.05. The van der Waals surface area contributed by atoms with Crippen LogP contribution >= 0.6 is 34.8 Å². The molecule has 0 spiro atoms. The zero-order valence-corrected chi connectivity index (χ0v) is 15.9. The topological polar surface area (TPSA) is 95.1 Å². The minimum absolute atomic E-state index is 0. The van der Waals surface area contributed by atoms with Crippen LogP contribution in [0, 0.1) is 0 Å². The summed E-state index contributed by atoms with van der Waals surface area (Å²) >= 11 is 18.4. The van der Waals surface area contributed by atoms with Crippen LogP contribution in [0.1, 0.15) is 28.4 Å². The monoisotopic (exact) mass is 416 g/mol. The number of ketones is 1. The molecule has 1 unspecified atom stereocenters. The first-order valence-electron chi connectivity index (χ1n) is 7.40. The third kappa shape index (κ3) is 3.40. The van der Waals surface area contributed by atoms with Crippen LogP contribution in [-0.2, 0) is 16.6 Å². The van der Waals surface area contributed by atoms with Crippen molar-refractivity contribution in [1.29, 1.82) is 0 Å². The lowest BCUT2D eigenvalue weighted by Crippen LogP contribution is -2.29. The number of carbonyl (C=O) groups excluding carboxylic acids is 1. The zero-order valence-electron chi connectivity index (χ0n) is 13.6. The molecule has 0 fully saturated rings. The third-order valence-electron chi connectivity index (χ3n) is 4.36. The summed E-state index contributed by atoms with van der Waals surface area (Å²) in [6.45, 7) is 1.29. The van der Waals surface area contributed by atoms with Gasteiger partial charge in [-0.2, -0.15) is 0 Å². The fourth-order valence-electron chi connectivity index (χ4n) is 3.07. The molecule has 0 radical (unpaired) electrons. The Morgan fingerprint density at radius 3 is 2.38 bits per heavy atom. The highest BCUT2D eigenvalue weighted by molar-refractivity contribution is 6.45. The first-order valence-corrected chi connectivity index (χ1v) is 8.53. The van der Waals surface area contributed by atoms with Crippen LogP contribution < -0.4 is 4.74 Å². The predicted molar refractivity (Wildman–Crippen MR) is 100 cm³/mol. The van der Waals surface area contributed by atoms with Gasteiger partial charge < -0.3 is 15.3 Å². The van der Waals surface area contributed by atoms with E-state index >= 15 is 0 Å².